The number of rotatable bonds is 2. The van der Waals surface area contributed by atoms with Crippen molar-refractivity contribution in [1.82, 2.24) is 0 Å². The van der Waals surface area contributed by atoms with Crippen LogP contribution in [0, 0.1) is 0 Å². The summed E-state index contributed by atoms with van der Waals surface area (Å²) in [5.74, 6) is 3.36. The minimum atomic E-state index is 0.112. The van der Waals surface area contributed by atoms with E-state index in [2.05, 4.69) is 0 Å². The minimum absolute atomic E-state index is 0.112. The molecule has 1 saturated heterocycles. The largest absolute Gasteiger partial charge is 0.293 e. The van der Waals surface area contributed by atoms with Crippen molar-refractivity contribution in [2.24, 2.45) is 0 Å². The van der Waals surface area contributed by atoms with Crippen LogP contribution in [-0.4, -0.2) is 28.3 Å². The Bertz CT molecular complexity index is 331. The third-order valence-electron chi connectivity index (χ3n) is 1.99. The van der Waals surface area contributed by atoms with Crippen molar-refractivity contribution in [1.29, 1.82) is 0 Å². The first-order chi connectivity index (χ1) is 6.79. The Balaban J connectivity index is 2.11. The molecule has 1 aromatic rings. The number of halogens is 1. The van der Waals surface area contributed by atoms with E-state index in [1.54, 1.807) is 11.8 Å². The lowest BCUT2D eigenvalue weighted by molar-refractivity contribution is 0.0995. The van der Waals surface area contributed by atoms with Gasteiger partial charge in [-0.2, -0.15) is 11.8 Å². The smallest absolute Gasteiger partial charge is 0.178 e. The van der Waals surface area contributed by atoms with Crippen LogP contribution in [0.2, 0.25) is 4.34 Å². The number of thiophene rings is 1. The van der Waals surface area contributed by atoms with E-state index in [9.17, 15) is 4.79 Å². The minimum Gasteiger partial charge on any atom is -0.293 e. The molecule has 2 rings (SSSR count). The van der Waals surface area contributed by atoms with Crippen LogP contribution in [-0.2, 0) is 0 Å². The summed E-state index contributed by atoms with van der Waals surface area (Å²) in [5.41, 5.74) is 0.705. The maximum atomic E-state index is 12.0. The lowest BCUT2D eigenvalue weighted by atomic mass is 10.2. The van der Waals surface area contributed by atoms with Crippen molar-refractivity contribution < 1.29 is 4.79 Å². The van der Waals surface area contributed by atoms with E-state index in [-0.39, 0.29) is 11.0 Å². The van der Waals surface area contributed by atoms with Gasteiger partial charge in [0.15, 0.2) is 5.78 Å². The summed E-state index contributed by atoms with van der Waals surface area (Å²) in [6.45, 7) is 0. The number of hydrogen-bond acceptors (Lipinski definition) is 4. The van der Waals surface area contributed by atoms with Crippen molar-refractivity contribution in [2.45, 2.75) is 5.25 Å². The highest BCUT2D eigenvalue weighted by Gasteiger charge is 2.25. The SMILES string of the molecule is O=C(c1ccsc1Cl)C1CSCCS1. The number of carbonyl (C=O) groups excluding carboxylic acids is 1. The van der Waals surface area contributed by atoms with Crippen LogP contribution < -0.4 is 0 Å². The highest BCUT2D eigenvalue weighted by Crippen LogP contribution is 2.31. The summed E-state index contributed by atoms with van der Waals surface area (Å²) in [6.07, 6.45) is 0. The Hall–Kier alpha value is 0.360. The molecule has 0 N–H and O–H groups in total. The lowest BCUT2D eigenvalue weighted by Crippen LogP contribution is -2.24. The average Bonchev–Trinajstić information content (AvgIpc) is 2.65. The first kappa shape index (κ1) is 10.9. The Morgan fingerprint density at radius 2 is 2.36 bits per heavy atom. The average molecular weight is 265 g/mol. The zero-order chi connectivity index (χ0) is 9.97. The van der Waals surface area contributed by atoms with Gasteiger partial charge in [-0.15, -0.1) is 23.1 Å². The van der Waals surface area contributed by atoms with E-state index in [1.807, 2.05) is 23.2 Å². The molecule has 1 aromatic heterocycles. The quantitative estimate of drug-likeness (QED) is 0.762. The number of ketones is 1. The summed E-state index contributed by atoms with van der Waals surface area (Å²) in [6, 6.07) is 1.83. The molecule has 0 radical (unpaired) electrons. The summed E-state index contributed by atoms with van der Waals surface area (Å²) in [5, 5.41) is 1.98. The molecule has 1 atom stereocenters. The van der Waals surface area contributed by atoms with Crippen LogP contribution in [0.25, 0.3) is 0 Å². The molecule has 1 fully saturated rings. The third kappa shape index (κ3) is 2.30. The predicted molar refractivity (Wildman–Crippen MR) is 67.2 cm³/mol. The number of hydrogen-bond donors (Lipinski definition) is 0. The van der Waals surface area contributed by atoms with Crippen LogP contribution in [0.4, 0.5) is 0 Å². The van der Waals surface area contributed by atoms with E-state index in [0.29, 0.717) is 9.90 Å². The Morgan fingerprint density at radius 1 is 1.50 bits per heavy atom. The molecule has 0 aliphatic carbocycles. The number of carbonyl (C=O) groups is 1. The molecule has 14 heavy (non-hydrogen) atoms. The monoisotopic (exact) mass is 264 g/mol. The van der Waals surface area contributed by atoms with Crippen molar-refractivity contribution in [3.05, 3.63) is 21.3 Å². The second-order valence-electron chi connectivity index (χ2n) is 2.91. The van der Waals surface area contributed by atoms with Gasteiger partial charge in [-0.25, -0.2) is 0 Å². The molecule has 0 spiro atoms. The Morgan fingerprint density at radius 3 is 2.93 bits per heavy atom. The van der Waals surface area contributed by atoms with Gasteiger partial charge in [0.25, 0.3) is 0 Å². The fraction of sp³-hybridized carbons (Fsp3) is 0.444. The van der Waals surface area contributed by atoms with Gasteiger partial charge in [0.2, 0.25) is 0 Å². The van der Waals surface area contributed by atoms with Gasteiger partial charge < -0.3 is 0 Å². The molecule has 0 bridgehead atoms. The van der Waals surface area contributed by atoms with Crippen molar-refractivity contribution in [3.63, 3.8) is 0 Å². The highest BCUT2D eigenvalue weighted by atomic mass is 35.5. The Kier molecular flexibility index (Phi) is 3.82. The maximum Gasteiger partial charge on any atom is 0.178 e. The standard InChI is InChI=1S/C9H9ClOS3/c10-9-6(1-2-14-9)8(11)7-5-12-3-4-13-7/h1-2,7H,3-5H2. The summed E-state index contributed by atoms with van der Waals surface area (Å²) >= 11 is 11.0. The van der Waals surface area contributed by atoms with E-state index in [0.717, 1.165) is 17.3 Å². The lowest BCUT2D eigenvalue weighted by Gasteiger charge is -2.19. The Labute approximate surface area is 101 Å². The molecule has 5 heteroatoms. The van der Waals surface area contributed by atoms with Crippen LogP contribution in [0.3, 0.4) is 0 Å². The van der Waals surface area contributed by atoms with Crippen molar-refractivity contribution in [3.8, 4) is 0 Å². The summed E-state index contributed by atoms with van der Waals surface area (Å²) in [7, 11) is 0. The van der Waals surface area contributed by atoms with Crippen molar-refractivity contribution >= 4 is 52.2 Å². The first-order valence-electron chi connectivity index (χ1n) is 4.25. The molecule has 0 aromatic carbocycles. The van der Waals surface area contributed by atoms with Crippen LogP contribution in [0.15, 0.2) is 11.4 Å². The normalized spacial score (nSPS) is 22.2. The molecule has 0 saturated carbocycles. The second-order valence-corrected chi connectivity index (χ2v) is 6.89. The molecule has 1 aliphatic heterocycles. The fourth-order valence-corrected chi connectivity index (χ4v) is 4.84. The topological polar surface area (TPSA) is 17.1 Å². The molecule has 2 heterocycles. The summed E-state index contributed by atoms with van der Waals surface area (Å²) in [4.78, 5) is 12.0. The van der Waals surface area contributed by atoms with E-state index in [1.165, 1.54) is 11.3 Å². The van der Waals surface area contributed by atoms with E-state index in [4.69, 9.17) is 11.6 Å². The molecule has 1 nitrogen and oxygen atoms in total. The van der Waals surface area contributed by atoms with E-state index < -0.39 is 0 Å². The molecule has 1 unspecified atom stereocenters. The predicted octanol–water partition coefficient (Wildman–Crippen LogP) is 3.43. The van der Waals surface area contributed by atoms with Crippen LogP contribution in [0.1, 0.15) is 10.4 Å². The molecule has 0 amide bonds. The van der Waals surface area contributed by atoms with E-state index >= 15 is 0 Å². The summed E-state index contributed by atoms with van der Waals surface area (Å²) < 4.78 is 0.631. The first-order valence-corrected chi connectivity index (χ1v) is 7.71. The van der Waals surface area contributed by atoms with Gasteiger partial charge in [-0.05, 0) is 11.4 Å². The molecular weight excluding hydrogens is 256 g/mol. The fourth-order valence-electron chi connectivity index (χ4n) is 1.28. The van der Waals surface area contributed by atoms with Crippen LogP contribution in [0.5, 0.6) is 0 Å². The molecule has 76 valence electrons. The van der Waals surface area contributed by atoms with Gasteiger partial charge in [0.1, 0.15) is 4.34 Å². The van der Waals surface area contributed by atoms with Crippen LogP contribution >= 0.6 is 46.5 Å². The maximum absolute atomic E-state index is 12.0. The number of thioether (sulfide) groups is 2. The van der Waals surface area contributed by atoms with Gasteiger partial charge in [0, 0.05) is 22.8 Å². The van der Waals surface area contributed by atoms with Gasteiger partial charge in [-0.1, -0.05) is 11.6 Å². The molecular formula is C9H9ClOS3. The number of Topliss-reactive ketones (excluding diaryl/α,β-unsaturated/α-hetero) is 1. The zero-order valence-corrected chi connectivity index (χ0v) is 10.6. The van der Waals surface area contributed by atoms with Gasteiger partial charge in [-0.3, -0.25) is 4.79 Å². The van der Waals surface area contributed by atoms with Gasteiger partial charge in [0.05, 0.1) is 5.25 Å². The molecule has 1 aliphatic rings. The zero-order valence-electron chi connectivity index (χ0n) is 7.36. The second kappa shape index (κ2) is 4.92. The third-order valence-corrected chi connectivity index (χ3v) is 5.92. The van der Waals surface area contributed by atoms with Gasteiger partial charge >= 0.3 is 0 Å². The highest BCUT2D eigenvalue weighted by molar-refractivity contribution is 8.07. The van der Waals surface area contributed by atoms with Crippen molar-refractivity contribution in [2.75, 3.05) is 17.3 Å².